The van der Waals surface area contributed by atoms with Crippen molar-refractivity contribution in [3.05, 3.63) is 76.2 Å². The van der Waals surface area contributed by atoms with E-state index in [1.807, 2.05) is 13.8 Å². The fourth-order valence-corrected chi connectivity index (χ4v) is 3.68. The van der Waals surface area contributed by atoms with Gasteiger partial charge in [0.15, 0.2) is 11.5 Å². The molecule has 176 valence electrons. The van der Waals surface area contributed by atoms with Crippen molar-refractivity contribution in [2.75, 3.05) is 20.3 Å². The first-order chi connectivity index (χ1) is 16.4. The summed E-state index contributed by atoms with van der Waals surface area (Å²) in [7, 11) is 1.48. The molecule has 0 fully saturated rings. The standard InChI is InChI=1S/C25H24N2O7/c1-15-20(16(2)34-26-15)14-33-21-10-9-17(13-22(21)31-3)25(30)32-12-6-11-27-23(28)18-7-4-5-8-19(18)24(27)29/h4-5,7-10,13H,6,11-12,14H2,1-3H3. The molecular weight excluding hydrogens is 440 g/mol. The summed E-state index contributed by atoms with van der Waals surface area (Å²) in [5, 5.41) is 3.90. The predicted molar refractivity (Wildman–Crippen MR) is 120 cm³/mol. The Morgan fingerprint density at radius 1 is 1.03 bits per heavy atom. The van der Waals surface area contributed by atoms with Gasteiger partial charge in [-0.1, -0.05) is 17.3 Å². The van der Waals surface area contributed by atoms with Gasteiger partial charge in [-0.2, -0.15) is 0 Å². The minimum Gasteiger partial charge on any atom is -0.493 e. The van der Waals surface area contributed by atoms with E-state index in [-0.39, 0.29) is 31.6 Å². The number of rotatable bonds is 9. The molecule has 0 bridgehead atoms. The van der Waals surface area contributed by atoms with E-state index in [9.17, 15) is 14.4 Å². The number of methoxy groups -OCH3 is 1. The van der Waals surface area contributed by atoms with Crippen LogP contribution in [0.4, 0.5) is 0 Å². The number of aromatic nitrogens is 1. The van der Waals surface area contributed by atoms with Crippen LogP contribution in [0.15, 0.2) is 47.0 Å². The van der Waals surface area contributed by atoms with Crippen LogP contribution in [0.25, 0.3) is 0 Å². The van der Waals surface area contributed by atoms with Crippen molar-refractivity contribution in [3.63, 3.8) is 0 Å². The third-order valence-corrected chi connectivity index (χ3v) is 5.59. The van der Waals surface area contributed by atoms with Gasteiger partial charge < -0.3 is 18.7 Å². The van der Waals surface area contributed by atoms with Gasteiger partial charge in [0.1, 0.15) is 12.4 Å². The van der Waals surface area contributed by atoms with Gasteiger partial charge in [-0.05, 0) is 50.6 Å². The number of hydrogen-bond donors (Lipinski definition) is 0. The van der Waals surface area contributed by atoms with Crippen LogP contribution in [0.1, 0.15) is 54.5 Å². The van der Waals surface area contributed by atoms with Crippen LogP contribution in [-0.4, -0.2) is 48.1 Å². The maximum atomic E-state index is 12.5. The van der Waals surface area contributed by atoms with E-state index in [0.29, 0.717) is 40.4 Å². The fraction of sp³-hybridized carbons (Fsp3) is 0.280. The second-order valence-electron chi connectivity index (χ2n) is 7.75. The van der Waals surface area contributed by atoms with Gasteiger partial charge in [-0.3, -0.25) is 14.5 Å². The first kappa shape index (κ1) is 23.0. The molecular formula is C25H24N2O7. The molecule has 0 saturated heterocycles. The number of carbonyl (C=O) groups excluding carboxylic acids is 3. The van der Waals surface area contributed by atoms with Crippen LogP contribution < -0.4 is 9.47 Å². The summed E-state index contributed by atoms with van der Waals surface area (Å²) < 4.78 is 21.6. The van der Waals surface area contributed by atoms with Crippen molar-refractivity contribution >= 4 is 17.8 Å². The summed E-state index contributed by atoms with van der Waals surface area (Å²) in [6, 6.07) is 11.4. The van der Waals surface area contributed by atoms with Gasteiger partial charge >= 0.3 is 5.97 Å². The topological polar surface area (TPSA) is 108 Å². The summed E-state index contributed by atoms with van der Waals surface area (Å²) in [4.78, 5) is 38.4. The number of carbonyl (C=O) groups is 3. The molecule has 3 aromatic rings. The highest BCUT2D eigenvalue weighted by molar-refractivity contribution is 6.21. The molecule has 2 amide bonds. The maximum Gasteiger partial charge on any atom is 0.338 e. The van der Waals surface area contributed by atoms with Crippen LogP contribution in [0, 0.1) is 13.8 Å². The monoisotopic (exact) mass is 464 g/mol. The number of benzene rings is 2. The molecule has 2 aromatic carbocycles. The highest BCUT2D eigenvalue weighted by Gasteiger charge is 2.34. The predicted octanol–water partition coefficient (Wildman–Crippen LogP) is 3.72. The van der Waals surface area contributed by atoms with Crippen molar-refractivity contribution < 1.29 is 33.1 Å². The first-order valence-electron chi connectivity index (χ1n) is 10.8. The van der Waals surface area contributed by atoms with Gasteiger partial charge in [-0.15, -0.1) is 0 Å². The summed E-state index contributed by atoms with van der Waals surface area (Å²) in [6.07, 6.45) is 0.326. The molecule has 0 atom stereocenters. The van der Waals surface area contributed by atoms with Crippen LogP contribution in [0.5, 0.6) is 11.5 Å². The molecule has 0 saturated carbocycles. The SMILES string of the molecule is COc1cc(C(=O)OCCCN2C(=O)c3ccccc3C2=O)ccc1OCc1c(C)noc1C. The molecule has 34 heavy (non-hydrogen) atoms. The van der Waals surface area contributed by atoms with Gasteiger partial charge in [0.2, 0.25) is 0 Å². The highest BCUT2D eigenvalue weighted by Crippen LogP contribution is 2.30. The molecule has 0 radical (unpaired) electrons. The van der Waals surface area contributed by atoms with E-state index in [0.717, 1.165) is 11.3 Å². The zero-order valence-electron chi connectivity index (χ0n) is 19.1. The molecule has 1 aromatic heterocycles. The van der Waals surface area contributed by atoms with Crippen molar-refractivity contribution in [2.24, 2.45) is 0 Å². The quantitative estimate of drug-likeness (QED) is 0.268. The molecule has 1 aliphatic heterocycles. The summed E-state index contributed by atoms with van der Waals surface area (Å²) >= 11 is 0. The minimum atomic E-state index is -0.544. The summed E-state index contributed by atoms with van der Waals surface area (Å²) in [5.41, 5.74) is 2.69. The van der Waals surface area contributed by atoms with Crippen LogP contribution in [0.3, 0.4) is 0 Å². The number of nitrogens with zero attached hydrogens (tertiary/aromatic N) is 2. The number of hydrogen-bond acceptors (Lipinski definition) is 8. The Morgan fingerprint density at radius 3 is 2.35 bits per heavy atom. The van der Waals surface area contributed by atoms with E-state index in [1.165, 1.54) is 18.1 Å². The van der Waals surface area contributed by atoms with Crippen molar-refractivity contribution in [1.82, 2.24) is 10.1 Å². The lowest BCUT2D eigenvalue weighted by Gasteiger charge is -2.14. The molecule has 0 spiro atoms. The Hall–Kier alpha value is -4.14. The molecule has 2 heterocycles. The zero-order valence-corrected chi connectivity index (χ0v) is 19.1. The number of imide groups is 1. The average molecular weight is 464 g/mol. The highest BCUT2D eigenvalue weighted by atomic mass is 16.5. The second kappa shape index (κ2) is 9.78. The van der Waals surface area contributed by atoms with E-state index in [1.54, 1.807) is 36.4 Å². The van der Waals surface area contributed by atoms with Crippen molar-refractivity contribution in [3.8, 4) is 11.5 Å². The normalized spacial score (nSPS) is 12.6. The Labute approximate surface area is 196 Å². The van der Waals surface area contributed by atoms with Gasteiger partial charge in [0.25, 0.3) is 11.8 Å². The average Bonchev–Trinajstić information content (AvgIpc) is 3.30. The lowest BCUT2D eigenvalue weighted by molar-refractivity contribution is 0.0482. The van der Waals surface area contributed by atoms with Crippen molar-refractivity contribution in [2.45, 2.75) is 26.9 Å². The largest absolute Gasteiger partial charge is 0.493 e. The lowest BCUT2D eigenvalue weighted by atomic mass is 10.1. The molecule has 0 aliphatic carbocycles. The van der Waals surface area contributed by atoms with E-state index < -0.39 is 5.97 Å². The van der Waals surface area contributed by atoms with Gasteiger partial charge in [0.05, 0.1) is 41.7 Å². The van der Waals surface area contributed by atoms with Crippen molar-refractivity contribution in [1.29, 1.82) is 0 Å². The molecule has 1 aliphatic rings. The molecule has 0 N–H and O–H groups in total. The minimum absolute atomic E-state index is 0.0544. The Morgan fingerprint density at radius 2 is 1.74 bits per heavy atom. The Kier molecular flexibility index (Phi) is 6.62. The summed E-state index contributed by atoms with van der Waals surface area (Å²) in [6.45, 7) is 4.11. The van der Waals surface area contributed by atoms with E-state index in [2.05, 4.69) is 5.16 Å². The van der Waals surface area contributed by atoms with Crippen LogP contribution in [-0.2, 0) is 11.3 Å². The van der Waals surface area contributed by atoms with E-state index >= 15 is 0 Å². The number of esters is 1. The molecule has 4 rings (SSSR count). The zero-order chi connectivity index (χ0) is 24.2. The number of aryl methyl sites for hydroxylation is 2. The third-order valence-electron chi connectivity index (χ3n) is 5.59. The lowest BCUT2D eigenvalue weighted by Crippen LogP contribution is -2.31. The Balaban J connectivity index is 1.30. The number of amides is 2. The Bertz CT molecular complexity index is 1190. The molecule has 9 nitrogen and oxygen atoms in total. The molecule has 0 unspecified atom stereocenters. The third kappa shape index (κ3) is 4.50. The van der Waals surface area contributed by atoms with Gasteiger partial charge in [-0.25, -0.2) is 4.79 Å². The maximum absolute atomic E-state index is 12.5. The van der Waals surface area contributed by atoms with Crippen LogP contribution >= 0.6 is 0 Å². The number of fused-ring (bicyclic) bond motifs is 1. The van der Waals surface area contributed by atoms with Gasteiger partial charge in [0, 0.05) is 6.54 Å². The molecule has 9 heteroatoms. The van der Waals surface area contributed by atoms with E-state index in [4.69, 9.17) is 18.7 Å². The second-order valence-corrected chi connectivity index (χ2v) is 7.75. The first-order valence-corrected chi connectivity index (χ1v) is 10.8. The smallest absolute Gasteiger partial charge is 0.338 e. The fourth-order valence-electron chi connectivity index (χ4n) is 3.68. The summed E-state index contributed by atoms with van der Waals surface area (Å²) in [5.74, 6) is 0.320. The number of ether oxygens (including phenoxy) is 3. The van der Waals surface area contributed by atoms with Crippen LogP contribution in [0.2, 0.25) is 0 Å².